The second-order valence-electron chi connectivity index (χ2n) is 25.2. The molecule has 8 rings (SSSR count). The van der Waals surface area contributed by atoms with Gasteiger partial charge in [0, 0.05) is 61.6 Å². The van der Waals surface area contributed by atoms with Crippen LogP contribution >= 0.6 is 0 Å². The number of aliphatic hydroxyl groups excluding tert-OH is 1. The molecule has 4 atom stereocenters. The highest BCUT2D eigenvalue weighted by molar-refractivity contribution is 7.84. The number of ether oxygens (including phenoxy) is 7. The summed E-state index contributed by atoms with van der Waals surface area (Å²) in [6.45, 7) is 33.3. The molecule has 410 valence electrons. The summed E-state index contributed by atoms with van der Waals surface area (Å²) in [5.41, 5.74) is 4.39. The van der Waals surface area contributed by atoms with Gasteiger partial charge < -0.3 is 64.0 Å². The zero-order chi connectivity index (χ0) is 52.7. The summed E-state index contributed by atoms with van der Waals surface area (Å²) < 4.78 is 53.2. The fraction of sp³-hybridized carbons (Fsp3) is 0.922. The van der Waals surface area contributed by atoms with Gasteiger partial charge in [-0.2, -0.15) is 0 Å². The molecule has 19 nitrogen and oxygen atoms in total. The van der Waals surface area contributed by atoms with Crippen molar-refractivity contribution in [1.29, 1.82) is 0 Å². The first-order valence-corrected chi connectivity index (χ1v) is 27.2. The van der Waals surface area contributed by atoms with Crippen LogP contribution in [0, 0.1) is 21.7 Å². The number of ketones is 1. The Morgan fingerprint density at radius 2 is 1.01 bits per heavy atom. The fourth-order valence-corrected chi connectivity index (χ4v) is 11.1. The lowest BCUT2D eigenvalue weighted by Gasteiger charge is -2.42. The number of nitrogens with one attached hydrogen (secondary N) is 2. The molecule has 3 amide bonds. The quantitative estimate of drug-likeness (QED) is 0.262. The Morgan fingerprint density at radius 1 is 0.606 bits per heavy atom. The number of piperidine rings is 4. The monoisotopic (exact) mass is 1030 g/mol. The van der Waals surface area contributed by atoms with E-state index in [0.29, 0.717) is 90.6 Å². The molecule has 0 saturated carbocycles. The molecular weight excluding hydrogens is 937 g/mol. The van der Waals surface area contributed by atoms with Crippen molar-refractivity contribution >= 4 is 35.0 Å². The fourth-order valence-electron chi connectivity index (χ4n) is 10.2. The van der Waals surface area contributed by atoms with Crippen molar-refractivity contribution in [2.75, 3.05) is 105 Å². The Bertz CT molecular complexity index is 1800. The van der Waals surface area contributed by atoms with E-state index in [-0.39, 0.29) is 63.7 Å². The van der Waals surface area contributed by atoms with Crippen LogP contribution in [0.3, 0.4) is 0 Å². The van der Waals surface area contributed by atoms with Gasteiger partial charge in [0.15, 0.2) is 5.78 Å². The highest BCUT2D eigenvalue weighted by Gasteiger charge is 2.50. The van der Waals surface area contributed by atoms with Crippen LogP contribution in [0.5, 0.6) is 0 Å². The molecule has 0 aromatic carbocycles. The third kappa shape index (κ3) is 16.4. The van der Waals surface area contributed by atoms with Crippen LogP contribution in [0.2, 0.25) is 0 Å². The Labute approximate surface area is 426 Å². The molecule has 8 aliphatic rings. The molecule has 8 aliphatic heterocycles. The van der Waals surface area contributed by atoms with Crippen LogP contribution in [-0.2, 0) is 48.9 Å². The lowest BCUT2D eigenvalue weighted by atomic mass is 9.75. The SMILES string of the molecule is CC(C)(C)OC(=O)N1CCC2(CC1)COCC2=O.CC(C)(C)OC(=O)N1CCC2(CC1)COCC2O.CC(C)(C)OC(=O)N1CCC2(CC1)COC[C@H]2N[S@](=O)C(C)(C)C.N[C@@H]1COCC12CCNCC2. The smallest absolute Gasteiger partial charge is 0.410 e. The van der Waals surface area contributed by atoms with Crippen molar-refractivity contribution in [3.63, 3.8) is 0 Å². The van der Waals surface area contributed by atoms with Gasteiger partial charge in [-0.15, -0.1) is 0 Å². The summed E-state index contributed by atoms with van der Waals surface area (Å²) in [7, 11) is -1.12. The van der Waals surface area contributed by atoms with Gasteiger partial charge in [-0.05, 0) is 148 Å². The van der Waals surface area contributed by atoms with E-state index in [1.165, 1.54) is 12.8 Å². The average Bonchev–Trinajstić information content (AvgIpc) is 4.03. The highest BCUT2D eigenvalue weighted by Crippen LogP contribution is 2.42. The van der Waals surface area contributed by atoms with Gasteiger partial charge in [-0.25, -0.2) is 23.3 Å². The minimum absolute atomic E-state index is 0.0422. The molecular formula is C51H92N6O13S. The first-order valence-electron chi connectivity index (χ1n) is 26.0. The number of hydrogen-bond acceptors (Lipinski definition) is 15. The van der Waals surface area contributed by atoms with Crippen LogP contribution in [0.4, 0.5) is 14.4 Å². The number of carbonyl (C=O) groups excluding carboxylic acids is 4. The minimum Gasteiger partial charge on any atom is -0.444 e. The summed E-state index contributed by atoms with van der Waals surface area (Å²) in [5.74, 6) is 0.186. The van der Waals surface area contributed by atoms with Crippen LogP contribution in [0.15, 0.2) is 0 Å². The number of aliphatic hydroxyl groups is 1. The zero-order valence-corrected chi connectivity index (χ0v) is 46.2. The number of rotatable bonds is 2. The molecule has 8 fully saturated rings. The van der Waals surface area contributed by atoms with E-state index in [1.807, 2.05) is 83.1 Å². The zero-order valence-electron chi connectivity index (χ0n) is 45.4. The summed E-state index contributed by atoms with van der Waals surface area (Å²) >= 11 is 0. The van der Waals surface area contributed by atoms with Gasteiger partial charge in [0.1, 0.15) is 23.4 Å². The van der Waals surface area contributed by atoms with Crippen molar-refractivity contribution in [2.24, 2.45) is 27.4 Å². The maximum Gasteiger partial charge on any atom is 0.410 e. The number of amides is 3. The van der Waals surface area contributed by atoms with E-state index in [4.69, 9.17) is 38.9 Å². The van der Waals surface area contributed by atoms with Gasteiger partial charge in [0.05, 0.1) is 79.5 Å². The Hall–Kier alpha value is -2.69. The molecule has 20 heteroatoms. The second-order valence-corrected chi connectivity index (χ2v) is 27.2. The van der Waals surface area contributed by atoms with Crippen LogP contribution < -0.4 is 15.8 Å². The third-order valence-corrected chi connectivity index (χ3v) is 16.7. The lowest BCUT2D eigenvalue weighted by Crippen LogP contribution is -2.54. The molecule has 1 unspecified atom stereocenters. The summed E-state index contributed by atoms with van der Waals surface area (Å²) in [6, 6.07) is 0.350. The normalized spacial score (nSPS) is 27.3. The number of Topliss-reactive ketones (excluding diaryl/α,β-unsaturated/α-hetero) is 1. The predicted molar refractivity (Wildman–Crippen MR) is 270 cm³/mol. The molecule has 71 heavy (non-hydrogen) atoms. The van der Waals surface area contributed by atoms with Gasteiger partial charge in [0.2, 0.25) is 0 Å². The molecule has 4 spiro atoms. The molecule has 5 N–H and O–H groups in total. The van der Waals surface area contributed by atoms with Crippen molar-refractivity contribution in [2.45, 2.75) is 174 Å². The van der Waals surface area contributed by atoms with E-state index in [9.17, 15) is 28.5 Å². The summed E-state index contributed by atoms with van der Waals surface area (Å²) in [4.78, 5) is 53.0. The molecule has 0 aromatic rings. The van der Waals surface area contributed by atoms with Crippen LogP contribution in [-0.4, -0.2) is 193 Å². The minimum atomic E-state index is -1.12. The largest absolute Gasteiger partial charge is 0.444 e. The average molecular weight is 1030 g/mol. The number of hydrogen-bond donors (Lipinski definition) is 4. The summed E-state index contributed by atoms with van der Waals surface area (Å²) in [5, 5.41) is 13.3. The number of nitrogens with two attached hydrogens (primary N) is 1. The van der Waals surface area contributed by atoms with Gasteiger partial charge in [-0.3, -0.25) is 4.79 Å². The molecule has 0 radical (unpaired) electrons. The van der Waals surface area contributed by atoms with E-state index < -0.39 is 33.9 Å². The van der Waals surface area contributed by atoms with Gasteiger partial charge in [-0.1, -0.05) is 0 Å². The maximum atomic E-state index is 12.4. The van der Waals surface area contributed by atoms with E-state index >= 15 is 0 Å². The topological polar surface area (TPSA) is 230 Å². The van der Waals surface area contributed by atoms with Gasteiger partial charge in [0.25, 0.3) is 0 Å². The van der Waals surface area contributed by atoms with Crippen molar-refractivity contribution in [3.05, 3.63) is 0 Å². The van der Waals surface area contributed by atoms with Crippen LogP contribution in [0.1, 0.15) is 134 Å². The van der Waals surface area contributed by atoms with E-state index in [2.05, 4.69) is 10.0 Å². The molecule has 0 bridgehead atoms. The first kappa shape index (κ1) is 59.2. The predicted octanol–water partition coefficient (Wildman–Crippen LogP) is 5.17. The molecule has 0 aromatic heterocycles. The maximum absolute atomic E-state index is 12.4. The van der Waals surface area contributed by atoms with E-state index in [0.717, 1.165) is 52.0 Å². The Morgan fingerprint density at radius 3 is 1.39 bits per heavy atom. The summed E-state index contributed by atoms with van der Waals surface area (Å²) in [6.07, 6.45) is 5.81. The third-order valence-electron chi connectivity index (χ3n) is 15.1. The lowest BCUT2D eigenvalue weighted by molar-refractivity contribution is -0.126. The van der Waals surface area contributed by atoms with Crippen molar-refractivity contribution in [3.8, 4) is 0 Å². The molecule has 8 saturated heterocycles. The Kier molecular flexibility index (Phi) is 19.9. The molecule has 8 heterocycles. The standard InChI is InChI=1S/C17H32N2O4S.C13H23NO4.C13H21NO4.C8H16N2O/c1-15(2,3)23-14(20)19-9-7-17(8-10-19)12-22-11-13(17)18-24(21)16(4,5)6;2*1-12(2,3)18-11(16)14-6-4-13(5-7-14)9-17-8-10(13)15;9-7-5-11-6-8(7)1-3-10-4-2-8/h13,18H,7-12H2,1-6H3;10,15H,4-9H2,1-3H3;4-9H2,1-3H3;7,10H,1-6,9H2/t13-,24-;;;7-/m1..1/s1. The second kappa shape index (κ2) is 23.9. The van der Waals surface area contributed by atoms with Crippen molar-refractivity contribution in [1.82, 2.24) is 24.7 Å². The van der Waals surface area contributed by atoms with Crippen molar-refractivity contribution < 1.29 is 61.7 Å². The Balaban J connectivity index is 0.000000181. The first-order chi connectivity index (χ1) is 32.9. The van der Waals surface area contributed by atoms with E-state index in [1.54, 1.807) is 14.7 Å². The number of likely N-dealkylation sites (tertiary alicyclic amines) is 3. The highest BCUT2D eigenvalue weighted by atomic mass is 32.2. The van der Waals surface area contributed by atoms with Crippen LogP contribution in [0.25, 0.3) is 0 Å². The number of nitrogens with zero attached hydrogens (tertiary/aromatic N) is 3. The van der Waals surface area contributed by atoms with Gasteiger partial charge >= 0.3 is 18.3 Å². The molecule has 0 aliphatic carbocycles. The number of carbonyl (C=O) groups is 4.